The smallest absolute Gasteiger partial charge is 0.246 e. The minimum atomic E-state index is 0.0808. The summed E-state index contributed by atoms with van der Waals surface area (Å²) in [6.45, 7) is 9.31. The second-order valence-electron chi connectivity index (χ2n) is 6.67. The minimum Gasteiger partial charge on any atom is -0.487 e. The van der Waals surface area contributed by atoms with E-state index in [9.17, 15) is 4.79 Å². The molecule has 1 aliphatic rings. The van der Waals surface area contributed by atoms with Crippen LogP contribution in [0.15, 0.2) is 35.7 Å². The molecule has 0 radical (unpaired) electrons. The van der Waals surface area contributed by atoms with Gasteiger partial charge in [0.1, 0.15) is 12.4 Å². The highest BCUT2D eigenvalue weighted by molar-refractivity contribution is 7.09. The van der Waals surface area contributed by atoms with Gasteiger partial charge in [-0.1, -0.05) is 19.1 Å². The monoisotopic (exact) mass is 385 g/mol. The first-order valence-corrected chi connectivity index (χ1v) is 10.3. The Morgan fingerprint density at radius 2 is 2.19 bits per heavy atom. The molecule has 1 saturated heterocycles. The second-order valence-corrected chi connectivity index (χ2v) is 7.73. The number of rotatable bonds is 6. The van der Waals surface area contributed by atoms with Crippen LogP contribution >= 0.6 is 11.3 Å². The average Bonchev–Trinajstić information content (AvgIpc) is 2.95. The Bertz CT molecular complexity index is 787. The molecule has 5 nitrogen and oxygen atoms in total. The summed E-state index contributed by atoms with van der Waals surface area (Å²) in [5.74, 6) is 0.862. The fourth-order valence-electron chi connectivity index (χ4n) is 3.12. The van der Waals surface area contributed by atoms with E-state index in [-0.39, 0.29) is 5.91 Å². The van der Waals surface area contributed by atoms with Crippen molar-refractivity contribution >= 4 is 23.3 Å². The first-order chi connectivity index (χ1) is 13.1. The van der Waals surface area contributed by atoms with Gasteiger partial charge in [-0.25, -0.2) is 4.98 Å². The number of ether oxygens (including phenoxy) is 1. The van der Waals surface area contributed by atoms with Crippen molar-refractivity contribution in [1.29, 1.82) is 0 Å². The highest BCUT2D eigenvalue weighted by Crippen LogP contribution is 2.17. The molecule has 0 atom stereocenters. The van der Waals surface area contributed by atoms with Crippen LogP contribution in [0.2, 0.25) is 0 Å². The third kappa shape index (κ3) is 5.91. The van der Waals surface area contributed by atoms with Crippen LogP contribution in [0.1, 0.15) is 29.6 Å². The normalized spacial score (nSPS) is 15.9. The number of benzene rings is 1. The Hall–Kier alpha value is -2.18. The predicted octanol–water partition coefficient (Wildman–Crippen LogP) is 3.60. The Labute approximate surface area is 165 Å². The van der Waals surface area contributed by atoms with Crippen molar-refractivity contribution in [1.82, 2.24) is 14.8 Å². The first-order valence-electron chi connectivity index (χ1n) is 9.47. The average molecular weight is 386 g/mol. The van der Waals surface area contributed by atoms with Crippen LogP contribution in [0, 0.1) is 6.92 Å². The highest BCUT2D eigenvalue weighted by atomic mass is 32.1. The number of aromatic nitrogens is 1. The molecule has 0 bridgehead atoms. The molecule has 0 saturated carbocycles. The summed E-state index contributed by atoms with van der Waals surface area (Å²) in [6.07, 6.45) is 4.57. The van der Waals surface area contributed by atoms with Crippen molar-refractivity contribution < 1.29 is 9.53 Å². The molecule has 2 heterocycles. The van der Waals surface area contributed by atoms with E-state index in [1.54, 1.807) is 17.4 Å². The summed E-state index contributed by atoms with van der Waals surface area (Å²) in [5, 5.41) is 3.05. The summed E-state index contributed by atoms with van der Waals surface area (Å²) in [4.78, 5) is 21.2. The second kappa shape index (κ2) is 9.67. The molecule has 1 amide bonds. The summed E-state index contributed by atoms with van der Waals surface area (Å²) >= 11 is 1.62. The quantitative estimate of drug-likeness (QED) is 0.713. The van der Waals surface area contributed by atoms with E-state index in [4.69, 9.17) is 4.74 Å². The van der Waals surface area contributed by atoms with Crippen LogP contribution in [-0.4, -0.2) is 53.4 Å². The topological polar surface area (TPSA) is 45.7 Å². The number of carbonyl (C=O) groups is 1. The van der Waals surface area contributed by atoms with E-state index in [0.717, 1.165) is 61.2 Å². The molecule has 0 spiro atoms. The lowest BCUT2D eigenvalue weighted by Gasteiger charge is -2.19. The van der Waals surface area contributed by atoms with Crippen molar-refractivity contribution in [2.75, 3.05) is 32.7 Å². The van der Waals surface area contributed by atoms with Gasteiger partial charge in [-0.2, -0.15) is 0 Å². The van der Waals surface area contributed by atoms with Crippen LogP contribution in [0.4, 0.5) is 0 Å². The van der Waals surface area contributed by atoms with Gasteiger partial charge in [-0.05, 0) is 50.2 Å². The van der Waals surface area contributed by atoms with E-state index in [2.05, 4.69) is 16.8 Å². The number of likely N-dealkylation sites (N-methyl/N-ethyl adjacent to an activating group) is 1. The Kier molecular flexibility index (Phi) is 7.01. The lowest BCUT2D eigenvalue weighted by molar-refractivity contribution is -0.125. The van der Waals surface area contributed by atoms with Gasteiger partial charge in [0.05, 0.1) is 10.7 Å². The van der Waals surface area contributed by atoms with Crippen LogP contribution in [0.3, 0.4) is 0 Å². The lowest BCUT2D eigenvalue weighted by Crippen LogP contribution is -2.34. The van der Waals surface area contributed by atoms with Gasteiger partial charge in [0.2, 0.25) is 5.91 Å². The largest absolute Gasteiger partial charge is 0.487 e. The molecule has 144 valence electrons. The molecular weight excluding hydrogens is 358 g/mol. The molecule has 0 aliphatic carbocycles. The third-order valence-electron chi connectivity index (χ3n) is 4.68. The standard InChI is InChI=1S/C21H27N3O2S/c1-3-23-10-5-11-24(13-12-23)21(25)9-8-18-6-4-7-20(14-18)26-15-19-16-27-17(2)22-19/h4,6-9,14,16H,3,5,10-13,15H2,1-2H3/b9-8+. The number of aryl methyl sites for hydroxylation is 1. The maximum absolute atomic E-state index is 12.5. The molecule has 1 fully saturated rings. The van der Waals surface area contributed by atoms with Crippen LogP contribution in [0.25, 0.3) is 6.08 Å². The molecule has 1 aromatic heterocycles. The molecular formula is C21H27N3O2S. The third-order valence-corrected chi connectivity index (χ3v) is 5.50. The van der Waals surface area contributed by atoms with Gasteiger partial charge in [-0.3, -0.25) is 4.79 Å². The first kappa shape index (κ1) is 19.6. The maximum Gasteiger partial charge on any atom is 0.246 e. The van der Waals surface area contributed by atoms with E-state index in [1.165, 1.54) is 0 Å². The van der Waals surface area contributed by atoms with Crippen LogP contribution in [-0.2, 0) is 11.4 Å². The van der Waals surface area contributed by atoms with E-state index in [1.807, 2.05) is 47.5 Å². The van der Waals surface area contributed by atoms with Crippen molar-refractivity contribution in [3.05, 3.63) is 52.0 Å². The van der Waals surface area contributed by atoms with Gasteiger partial charge in [-0.15, -0.1) is 11.3 Å². The molecule has 6 heteroatoms. The summed E-state index contributed by atoms with van der Waals surface area (Å²) in [5.41, 5.74) is 1.90. The molecule has 1 aliphatic heterocycles. The van der Waals surface area contributed by atoms with Crippen molar-refractivity contribution in [2.45, 2.75) is 26.9 Å². The molecule has 27 heavy (non-hydrogen) atoms. The zero-order valence-corrected chi connectivity index (χ0v) is 16.9. The molecule has 1 aromatic carbocycles. The lowest BCUT2D eigenvalue weighted by atomic mass is 10.2. The van der Waals surface area contributed by atoms with Gasteiger partial charge in [0, 0.05) is 31.1 Å². The summed E-state index contributed by atoms with van der Waals surface area (Å²) < 4.78 is 5.82. The van der Waals surface area contributed by atoms with E-state index < -0.39 is 0 Å². The number of amides is 1. The number of carbonyl (C=O) groups excluding carboxylic acids is 1. The van der Waals surface area contributed by atoms with Crippen molar-refractivity contribution in [3.8, 4) is 5.75 Å². The van der Waals surface area contributed by atoms with Crippen LogP contribution in [0.5, 0.6) is 5.75 Å². The van der Waals surface area contributed by atoms with Crippen LogP contribution < -0.4 is 4.74 Å². The summed E-state index contributed by atoms with van der Waals surface area (Å²) in [6, 6.07) is 7.79. The van der Waals surface area contributed by atoms with Gasteiger partial charge >= 0.3 is 0 Å². The minimum absolute atomic E-state index is 0.0808. The number of thiazole rings is 1. The van der Waals surface area contributed by atoms with Gasteiger partial charge in [0.15, 0.2) is 0 Å². The summed E-state index contributed by atoms with van der Waals surface area (Å²) in [7, 11) is 0. The fraction of sp³-hybridized carbons (Fsp3) is 0.429. The number of hydrogen-bond donors (Lipinski definition) is 0. The SMILES string of the molecule is CCN1CCCN(C(=O)/C=C/c2cccc(OCc3csc(C)n3)c2)CC1. The van der Waals surface area contributed by atoms with E-state index >= 15 is 0 Å². The molecule has 0 unspecified atom stereocenters. The Morgan fingerprint density at radius 1 is 1.30 bits per heavy atom. The zero-order chi connectivity index (χ0) is 19.1. The zero-order valence-electron chi connectivity index (χ0n) is 16.1. The Balaban J connectivity index is 1.55. The molecule has 2 aromatic rings. The van der Waals surface area contributed by atoms with E-state index in [0.29, 0.717) is 6.61 Å². The van der Waals surface area contributed by atoms with Gasteiger partial charge in [0.25, 0.3) is 0 Å². The number of nitrogens with zero attached hydrogens (tertiary/aromatic N) is 3. The van der Waals surface area contributed by atoms with Gasteiger partial charge < -0.3 is 14.5 Å². The fourth-order valence-corrected chi connectivity index (χ4v) is 3.72. The maximum atomic E-state index is 12.5. The molecule has 3 rings (SSSR count). The predicted molar refractivity (Wildman–Crippen MR) is 110 cm³/mol. The van der Waals surface area contributed by atoms with Crippen molar-refractivity contribution in [3.63, 3.8) is 0 Å². The highest BCUT2D eigenvalue weighted by Gasteiger charge is 2.16. The Morgan fingerprint density at radius 3 is 2.96 bits per heavy atom. The van der Waals surface area contributed by atoms with Crippen molar-refractivity contribution in [2.24, 2.45) is 0 Å². The number of hydrogen-bond acceptors (Lipinski definition) is 5. The molecule has 0 N–H and O–H groups in total.